The Labute approximate surface area is 87.3 Å². The van der Waals surface area contributed by atoms with Crippen molar-refractivity contribution in [2.45, 2.75) is 19.4 Å². The van der Waals surface area contributed by atoms with Gasteiger partial charge in [-0.1, -0.05) is 11.6 Å². The molecule has 0 aromatic heterocycles. The maximum absolute atomic E-state index is 13.4. The summed E-state index contributed by atoms with van der Waals surface area (Å²) >= 11 is 5.64. The van der Waals surface area contributed by atoms with E-state index in [2.05, 4.69) is 0 Å². The van der Waals surface area contributed by atoms with Gasteiger partial charge in [0.15, 0.2) is 0 Å². The minimum absolute atomic E-state index is 0.0139. The van der Waals surface area contributed by atoms with Crippen LogP contribution in [0.3, 0.4) is 0 Å². The summed E-state index contributed by atoms with van der Waals surface area (Å²) in [5, 5.41) is 9.15. The lowest BCUT2D eigenvalue weighted by molar-refractivity contribution is 0.194. The van der Waals surface area contributed by atoms with E-state index in [1.165, 1.54) is 19.2 Å². The van der Waals surface area contributed by atoms with E-state index >= 15 is 0 Å². The standard InChI is InChI=1S/C10H12ClFO2/c1-6(13)3-7-4-8(14-2)5-9(11)10(7)12/h4-6,13H,3H2,1-2H3. The van der Waals surface area contributed by atoms with E-state index < -0.39 is 11.9 Å². The third-order valence-electron chi connectivity index (χ3n) is 1.83. The fraction of sp³-hybridized carbons (Fsp3) is 0.400. The Hall–Kier alpha value is -0.800. The SMILES string of the molecule is COc1cc(Cl)c(F)c(CC(C)O)c1. The van der Waals surface area contributed by atoms with Crippen LogP contribution in [-0.4, -0.2) is 18.3 Å². The van der Waals surface area contributed by atoms with Crippen LogP contribution in [-0.2, 0) is 6.42 Å². The summed E-state index contributed by atoms with van der Waals surface area (Å²) in [5.41, 5.74) is 0.365. The maximum atomic E-state index is 13.4. The smallest absolute Gasteiger partial charge is 0.145 e. The number of rotatable bonds is 3. The maximum Gasteiger partial charge on any atom is 0.145 e. The molecule has 0 aliphatic rings. The molecule has 0 bridgehead atoms. The summed E-state index contributed by atoms with van der Waals surface area (Å²) < 4.78 is 18.3. The lowest BCUT2D eigenvalue weighted by Crippen LogP contribution is -2.06. The number of aliphatic hydroxyl groups excluding tert-OH is 1. The first-order valence-electron chi connectivity index (χ1n) is 4.24. The zero-order valence-corrected chi connectivity index (χ0v) is 8.81. The molecule has 1 aromatic rings. The van der Waals surface area contributed by atoms with Crippen molar-refractivity contribution in [3.63, 3.8) is 0 Å². The molecule has 0 amide bonds. The molecule has 4 heteroatoms. The van der Waals surface area contributed by atoms with Crippen LogP contribution in [0.2, 0.25) is 5.02 Å². The van der Waals surface area contributed by atoms with Gasteiger partial charge in [0, 0.05) is 12.5 Å². The Balaban J connectivity index is 3.07. The first-order chi connectivity index (χ1) is 6.54. The van der Waals surface area contributed by atoms with Gasteiger partial charge in [-0.15, -0.1) is 0 Å². The van der Waals surface area contributed by atoms with E-state index in [1.54, 1.807) is 6.92 Å². The van der Waals surface area contributed by atoms with Gasteiger partial charge in [0.25, 0.3) is 0 Å². The van der Waals surface area contributed by atoms with Crippen LogP contribution in [0, 0.1) is 5.82 Å². The molecule has 1 N–H and O–H groups in total. The fourth-order valence-electron chi connectivity index (χ4n) is 1.20. The van der Waals surface area contributed by atoms with Crippen molar-refractivity contribution >= 4 is 11.6 Å². The summed E-state index contributed by atoms with van der Waals surface area (Å²) in [6.07, 6.45) is -0.379. The molecule has 1 rings (SSSR count). The van der Waals surface area contributed by atoms with E-state index in [9.17, 15) is 4.39 Å². The van der Waals surface area contributed by atoms with Gasteiger partial charge in [-0.05, 0) is 18.6 Å². The lowest BCUT2D eigenvalue weighted by Gasteiger charge is -2.09. The number of benzene rings is 1. The van der Waals surface area contributed by atoms with Crippen molar-refractivity contribution in [3.05, 3.63) is 28.5 Å². The zero-order valence-electron chi connectivity index (χ0n) is 8.05. The topological polar surface area (TPSA) is 29.5 Å². The third kappa shape index (κ3) is 2.59. The van der Waals surface area contributed by atoms with Gasteiger partial charge in [0.2, 0.25) is 0 Å². The molecule has 1 atom stereocenters. The van der Waals surface area contributed by atoms with Crippen LogP contribution >= 0.6 is 11.6 Å². The molecule has 0 spiro atoms. The van der Waals surface area contributed by atoms with Crippen molar-refractivity contribution in [3.8, 4) is 5.75 Å². The highest BCUT2D eigenvalue weighted by molar-refractivity contribution is 6.30. The number of hydrogen-bond donors (Lipinski definition) is 1. The lowest BCUT2D eigenvalue weighted by atomic mass is 10.1. The van der Waals surface area contributed by atoms with Gasteiger partial charge in [0.05, 0.1) is 18.2 Å². The van der Waals surface area contributed by atoms with Gasteiger partial charge in [-0.25, -0.2) is 4.39 Å². The van der Waals surface area contributed by atoms with Crippen LogP contribution < -0.4 is 4.74 Å². The van der Waals surface area contributed by atoms with Crippen molar-refractivity contribution in [1.29, 1.82) is 0 Å². The Bertz CT molecular complexity index is 326. The largest absolute Gasteiger partial charge is 0.497 e. The summed E-state index contributed by atoms with van der Waals surface area (Å²) in [5.74, 6) is 0.000386. The van der Waals surface area contributed by atoms with Gasteiger partial charge < -0.3 is 9.84 Å². The molecule has 1 aromatic carbocycles. The van der Waals surface area contributed by atoms with Crippen LogP contribution in [0.1, 0.15) is 12.5 Å². The average Bonchev–Trinajstić information content (AvgIpc) is 2.11. The highest BCUT2D eigenvalue weighted by Gasteiger charge is 2.11. The third-order valence-corrected chi connectivity index (χ3v) is 2.10. The summed E-state index contributed by atoms with van der Waals surface area (Å²) in [7, 11) is 1.48. The zero-order chi connectivity index (χ0) is 10.7. The number of ether oxygens (including phenoxy) is 1. The van der Waals surface area contributed by atoms with Crippen LogP contribution in [0.4, 0.5) is 4.39 Å². The molecule has 14 heavy (non-hydrogen) atoms. The molecule has 0 radical (unpaired) electrons. The molecule has 0 fully saturated rings. The monoisotopic (exact) mass is 218 g/mol. The summed E-state index contributed by atoms with van der Waals surface area (Å²) in [6, 6.07) is 2.94. The minimum atomic E-state index is -0.604. The molecule has 0 heterocycles. The van der Waals surface area contributed by atoms with Crippen LogP contribution in [0.15, 0.2) is 12.1 Å². The normalized spacial score (nSPS) is 12.6. The highest BCUT2D eigenvalue weighted by Crippen LogP contribution is 2.26. The quantitative estimate of drug-likeness (QED) is 0.844. The Morgan fingerprint density at radius 2 is 2.21 bits per heavy atom. The number of methoxy groups -OCH3 is 1. The average molecular weight is 219 g/mol. The second-order valence-electron chi connectivity index (χ2n) is 3.14. The first-order valence-corrected chi connectivity index (χ1v) is 4.62. The predicted molar refractivity (Wildman–Crippen MR) is 53.3 cm³/mol. The number of aliphatic hydroxyl groups is 1. The molecule has 0 aliphatic heterocycles. The molecule has 1 unspecified atom stereocenters. The molecule has 2 nitrogen and oxygen atoms in total. The van der Waals surface area contributed by atoms with Gasteiger partial charge in [-0.3, -0.25) is 0 Å². The van der Waals surface area contributed by atoms with Crippen molar-refractivity contribution in [2.24, 2.45) is 0 Å². The fourth-order valence-corrected chi connectivity index (χ4v) is 1.43. The van der Waals surface area contributed by atoms with Gasteiger partial charge in [-0.2, -0.15) is 0 Å². The minimum Gasteiger partial charge on any atom is -0.497 e. The Morgan fingerprint density at radius 1 is 1.57 bits per heavy atom. The van der Waals surface area contributed by atoms with E-state index in [1.807, 2.05) is 0 Å². The number of hydrogen-bond acceptors (Lipinski definition) is 2. The first kappa shape index (κ1) is 11.3. The van der Waals surface area contributed by atoms with Crippen molar-refractivity contribution in [2.75, 3.05) is 7.11 Å². The molecule has 0 aliphatic carbocycles. The second kappa shape index (κ2) is 4.62. The van der Waals surface area contributed by atoms with Gasteiger partial charge in [0.1, 0.15) is 11.6 Å². The Kier molecular flexibility index (Phi) is 3.72. The summed E-state index contributed by atoms with van der Waals surface area (Å²) in [4.78, 5) is 0. The van der Waals surface area contributed by atoms with Crippen LogP contribution in [0.25, 0.3) is 0 Å². The number of halogens is 2. The van der Waals surface area contributed by atoms with Crippen molar-refractivity contribution in [1.82, 2.24) is 0 Å². The molecule has 0 saturated heterocycles. The van der Waals surface area contributed by atoms with E-state index in [0.29, 0.717) is 11.3 Å². The van der Waals surface area contributed by atoms with E-state index in [-0.39, 0.29) is 11.4 Å². The second-order valence-corrected chi connectivity index (χ2v) is 3.54. The molecule has 0 saturated carbocycles. The Morgan fingerprint density at radius 3 is 2.71 bits per heavy atom. The molecular weight excluding hydrogens is 207 g/mol. The van der Waals surface area contributed by atoms with Crippen LogP contribution in [0.5, 0.6) is 5.75 Å². The van der Waals surface area contributed by atoms with Gasteiger partial charge >= 0.3 is 0 Å². The van der Waals surface area contributed by atoms with E-state index in [4.69, 9.17) is 21.4 Å². The van der Waals surface area contributed by atoms with E-state index in [0.717, 1.165) is 0 Å². The summed E-state index contributed by atoms with van der Waals surface area (Å²) in [6.45, 7) is 1.59. The molecule has 78 valence electrons. The molecular formula is C10H12ClFO2. The van der Waals surface area contributed by atoms with Crippen molar-refractivity contribution < 1.29 is 14.2 Å². The predicted octanol–water partition coefficient (Wildman–Crippen LogP) is 2.41. The highest BCUT2D eigenvalue weighted by atomic mass is 35.5.